The van der Waals surface area contributed by atoms with Crippen LogP contribution in [0.2, 0.25) is 0 Å². The van der Waals surface area contributed by atoms with E-state index in [-0.39, 0.29) is 11.9 Å². The molecule has 3 heterocycles. The van der Waals surface area contributed by atoms with Crippen LogP contribution >= 0.6 is 0 Å². The standard InChI is InChI=1S/C23H28N6O3/c1-17-6-5-7-19(16-17)27-14-12-26(13-15-27)11-9-18(2)24-22-21(29(31)32)23(30)28-10-4-3-8-20(28)25-22/h3-8,10,16,18,24H,9,11-15H2,1-2H3. The van der Waals surface area contributed by atoms with Crippen molar-refractivity contribution in [3.8, 4) is 0 Å². The minimum Gasteiger partial charge on any atom is -0.369 e. The molecule has 3 aromatic rings. The highest BCUT2D eigenvalue weighted by Crippen LogP contribution is 2.21. The molecule has 0 bridgehead atoms. The number of rotatable bonds is 7. The Balaban J connectivity index is 1.36. The molecule has 0 spiro atoms. The number of nitrogens with zero attached hydrogens (tertiary/aromatic N) is 5. The molecule has 0 radical (unpaired) electrons. The number of aromatic nitrogens is 2. The summed E-state index contributed by atoms with van der Waals surface area (Å²) in [5.74, 6) is 0.0305. The van der Waals surface area contributed by atoms with Crippen LogP contribution in [0, 0.1) is 17.0 Å². The second-order valence-electron chi connectivity index (χ2n) is 8.30. The van der Waals surface area contributed by atoms with E-state index in [9.17, 15) is 14.9 Å². The van der Waals surface area contributed by atoms with Crippen molar-refractivity contribution in [3.05, 3.63) is 74.7 Å². The van der Waals surface area contributed by atoms with E-state index >= 15 is 0 Å². The van der Waals surface area contributed by atoms with Gasteiger partial charge in [0.05, 0.1) is 4.92 Å². The molecule has 0 amide bonds. The molecule has 1 aliphatic heterocycles. The van der Waals surface area contributed by atoms with E-state index in [2.05, 4.69) is 51.3 Å². The minimum absolute atomic E-state index is 0.0305. The fraction of sp³-hybridized carbons (Fsp3) is 0.391. The van der Waals surface area contributed by atoms with Gasteiger partial charge in [-0.3, -0.25) is 24.2 Å². The lowest BCUT2D eigenvalue weighted by molar-refractivity contribution is -0.385. The molecule has 9 heteroatoms. The van der Waals surface area contributed by atoms with Crippen molar-refractivity contribution < 1.29 is 4.92 Å². The third-order valence-electron chi connectivity index (χ3n) is 5.89. The predicted molar refractivity (Wildman–Crippen MR) is 126 cm³/mol. The predicted octanol–water partition coefficient (Wildman–Crippen LogP) is 2.92. The Hall–Kier alpha value is -3.46. The zero-order chi connectivity index (χ0) is 22.7. The van der Waals surface area contributed by atoms with E-state index in [1.165, 1.54) is 21.8 Å². The maximum absolute atomic E-state index is 12.6. The van der Waals surface area contributed by atoms with Gasteiger partial charge in [-0.2, -0.15) is 0 Å². The number of anilines is 2. The molecule has 1 fully saturated rings. The molecule has 2 aromatic heterocycles. The molecule has 1 aliphatic rings. The van der Waals surface area contributed by atoms with Gasteiger partial charge < -0.3 is 10.2 Å². The highest BCUT2D eigenvalue weighted by Gasteiger charge is 2.25. The van der Waals surface area contributed by atoms with Crippen molar-refractivity contribution in [2.45, 2.75) is 26.3 Å². The number of fused-ring (bicyclic) bond motifs is 1. The molecular formula is C23H28N6O3. The van der Waals surface area contributed by atoms with Gasteiger partial charge in [0.2, 0.25) is 5.82 Å². The molecule has 1 atom stereocenters. The summed E-state index contributed by atoms with van der Waals surface area (Å²) in [6.07, 6.45) is 2.28. The van der Waals surface area contributed by atoms with E-state index in [4.69, 9.17) is 0 Å². The molecule has 4 rings (SSSR count). The zero-order valence-corrected chi connectivity index (χ0v) is 18.4. The van der Waals surface area contributed by atoms with Gasteiger partial charge in [-0.1, -0.05) is 18.2 Å². The number of piperazine rings is 1. The van der Waals surface area contributed by atoms with Crippen molar-refractivity contribution in [2.75, 3.05) is 42.9 Å². The Morgan fingerprint density at radius 1 is 1.16 bits per heavy atom. The van der Waals surface area contributed by atoms with E-state index in [1.807, 2.05) is 6.92 Å². The Morgan fingerprint density at radius 3 is 2.66 bits per heavy atom. The van der Waals surface area contributed by atoms with Gasteiger partial charge in [0.1, 0.15) is 5.65 Å². The average Bonchev–Trinajstić information content (AvgIpc) is 2.78. The van der Waals surface area contributed by atoms with Crippen molar-refractivity contribution in [1.82, 2.24) is 14.3 Å². The summed E-state index contributed by atoms with van der Waals surface area (Å²) in [6, 6.07) is 13.6. The molecule has 1 aromatic carbocycles. The van der Waals surface area contributed by atoms with Crippen LogP contribution < -0.4 is 15.8 Å². The first kappa shape index (κ1) is 21.8. The molecule has 1 N–H and O–H groups in total. The van der Waals surface area contributed by atoms with Crippen LogP contribution in [0.4, 0.5) is 17.2 Å². The second kappa shape index (κ2) is 9.35. The monoisotopic (exact) mass is 436 g/mol. The van der Waals surface area contributed by atoms with Crippen LogP contribution in [0.1, 0.15) is 18.9 Å². The lowest BCUT2D eigenvalue weighted by Gasteiger charge is -2.36. The molecule has 0 aliphatic carbocycles. The molecule has 1 unspecified atom stereocenters. The fourth-order valence-electron chi connectivity index (χ4n) is 4.08. The average molecular weight is 437 g/mol. The van der Waals surface area contributed by atoms with Crippen LogP contribution in [0.5, 0.6) is 0 Å². The molecule has 9 nitrogen and oxygen atoms in total. The number of benzene rings is 1. The van der Waals surface area contributed by atoms with E-state index < -0.39 is 16.2 Å². The molecule has 1 saturated heterocycles. The van der Waals surface area contributed by atoms with Crippen LogP contribution in [-0.2, 0) is 0 Å². The van der Waals surface area contributed by atoms with E-state index in [0.717, 1.165) is 39.1 Å². The maximum Gasteiger partial charge on any atom is 0.376 e. The first-order valence-corrected chi connectivity index (χ1v) is 10.9. The molecule has 0 saturated carbocycles. The van der Waals surface area contributed by atoms with Crippen LogP contribution in [0.3, 0.4) is 0 Å². The van der Waals surface area contributed by atoms with Crippen LogP contribution in [-0.4, -0.2) is 58.0 Å². The summed E-state index contributed by atoms with van der Waals surface area (Å²) in [5.41, 5.74) is 1.71. The number of hydrogen-bond acceptors (Lipinski definition) is 7. The summed E-state index contributed by atoms with van der Waals surface area (Å²) in [5, 5.41) is 14.6. The SMILES string of the molecule is Cc1cccc(N2CCN(CCC(C)Nc3nc4ccccn4c(=O)c3[N+](=O)[O-])CC2)c1. The number of hydrogen-bond donors (Lipinski definition) is 1. The maximum atomic E-state index is 12.6. The minimum atomic E-state index is -0.678. The summed E-state index contributed by atoms with van der Waals surface area (Å²) in [4.78, 5) is 32.6. The summed E-state index contributed by atoms with van der Waals surface area (Å²) in [7, 11) is 0. The summed E-state index contributed by atoms with van der Waals surface area (Å²) in [6.45, 7) is 8.82. The van der Waals surface area contributed by atoms with Crippen LogP contribution in [0.25, 0.3) is 5.65 Å². The van der Waals surface area contributed by atoms with Gasteiger partial charge in [-0.15, -0.1) is 0 Å². The van der Waals surface area contributed by atoms with Crippen LogP contribution in [0.15, 0.2) is 53.5 Å². The Labute approximate surface area is 186 Å². The van der Waals surface area contributed by atoms with Gasteiger partial charge in [0.25, 0.3) is 0 Å². The Kier molecular flexibility index (Phi) is 6.36. The number of nitro groups is 1. The first-order chi connectivity index (χ1) is 15.4. The summed E-state index contributed by atoms with van der Waals surface area (Å²) < 4.78 is 1.20. The largest absolute Gasteiger partial charge is 0.376 e. The van der Waals surface area contributed by atoms with Crippen molar-refractivity contribution >= 4 is 22.8 Å². The summed E-state index contributed by atoms with van der Waals surface area (Å²) >= 11 is 0. The van der Waals surface area contributed by atoms with Gasteiger partial charge in [0, 0.05) is 50.6 Å². The number of aryl methyl sites for hydroxylation is 1. The Morgan fingerprint density at radius 2 is 1.94 bits per heavy atom. The van der Waals surface area contributed by atoms with E-state index in [1.54, 1.807) is 18.2 Å². The van der Waals surface area contributed by atoms with Crippen molar-refractivity contribution in [1.29, 1.82) is 0 Å². The zero-order valence-electron chi connectivity index (χ0n) is 18.4. The Bertz CT molecular complexity index is 1170. The highest BCUT2D eigenvalue weighted by atomic mass is 16.6. The second-order valence-corrected chi connectivity index (χ2v) is 8.30. The van der Waals surface area contributed by atoms with Gasteiger partial charge in [-0.05, 0) is 50.1 Å². The van der Waals surface area contributed by atoms with Gasteiger partial charge in [-0.25, -0.2) is 4.98 Å². The lowest BCUT2D eigenvalue weighted by Crippen LogP contribution is -2.47. The first-order valence-electron chi connectivity index (χ1n) is 10.9. The molecule has 32 heavy (non-hydrogen) atoms. The van der Waals surface area contributed by atoms with Crippen molar-refractivity contribution in [3.63, 3.8) is 0 Å². The lowest BCUT2D eigenvalue weighted by atomic mass is 10.1. The highest BCUT2D eigenvalue weighted by molar-refractivity contribution is 5.60. The van der Waals surface area contributed by atoms with Gasteiger partial charge in [0.15, 0.2) is 0 Å². The third-order valence-corrected chi connectivity index (χ3v) is 5.89. The van der Waals surface area contributed by atoms with Gasteiger partial charge >= 0.3 is 11.2 Å². The molecule has 168 valence electrons. The molecular weight excluding hydrogens is 408 g/mol. The number of pyridine rings is 1. The topological polar surface area (TPSA) is 96.0 Å². The fourth-order valence-corrected chi connectivity index (χ4v) is 4.08. The smallest absolute Gasteiger partial charge is 0.369 e. The van der Waals surface area contributed by atoms with Crippen molar-refractivity contribution in [2.24, 2.45) is 0 Å². The van der Waals surface area contributed by atoms with E-state index in [0.29, 0.717) is 5.65 Å². The third kappa shape index (κ3) is 4.72. The normalized spacial score (nSPS) is 15.6. The quantitative estimate of drug-likeness (QED) is 0.449. The number of nitrogens with one attached hydrogen (secondary N) is 1.